The lowest BCUT2D eigenvalue weighted by Crippen LogP contribution is -2.23. The number of nitrogens with two attached hydrogens (primary N) is 1. The van der Waals surface area contributed by atoms with Crippen molar-refractivity contribution < 1.29 is 4.42 Å². The minimum absolute atomic E-state index is 0.106. The molecular weight excluding hydrogens is 252 g/mol. The van der Waals surface area contributed by atoms with E-state index in [9.17, 15) is 4.79 Å². The van der Waals surface area contributed by atoms with Crippen molar-refractivity contribution in [3.05, 3.63) is 70.4 Å². The Morgan fingerprint density at radius 3 is 2.35 bits per heavy atom. The van der Waals surface area contributed by atoms with Gasteiger partial charge in [0, 0.05) is 5.56 Å². The van der Waals surface area contributed by atoms with Crippen molar-refractivity contribution in [2.75, 3.05) is 0 Å². The van der Waals surface area contributed by atoms with Crippen LogP contribution in [-0.4, -0.2) is 5.84 Å². The molecule has 4 heteroatoms. The second-order valence-electron chi connectivity index (χ2n) is 4.41. The maximum atomic E-state index is 12.5. The highest BCUT2D eigenvalue weighted by Gasteiger charge is 2.17. The van der Waals surface area contributed by atoms with E-state index in [-0.39, 0.29) is 16.8 Å². The molecule has 4 nitrogen and oxygen atoms in total. The number of hydrogen-bond acceptors (Lipinski definition) is 3. The summed E-state index contributed by atoms with van der Waals surface area (Å²) >= 11 is 0. The Balaban J connectivity index is 2.45. The first-order valence-corrected chi connectivity index (χ1v) is 6.14. The molecule has 0 aliphatic heterocycles. The lowest BCUT2D eigenvalue weighted by Gasteiger charge is -2.08. The molecule has 0 aliphatic carbocycles. The first-order chi connectivity index (χ1) is 9.68. The zero-order chi connectivity index (χ0) is 14.1. The maximum Gasteiger partial charge on any atom is 0.204 e. The Morgan fingerprint density at radius 1 is 1.00 bits per heavy atom. The second kappa shape index (κ2) is 4.66. The van der Waals surface area contributed by atoms with Gasteiger partial charge in [-0.3, -0.25) is 10.2 Å². The first kappa shape index (κ1) is 12.2. The average molecular weight is 264 g/mol. The number of para-hydroxylation sites is 1. The molecule has 0 radical (unpaired) electrons. The average Bonchev–Trinajstić information content (AvgIpc) is 2.47. The summed E-state index contributed by atoms with van der Waals surface area (Å²) in [6, 6.07) is 16.1. The number of hydrogen-bond donors (Lipinski definition) is 2. The van der Waals surface area contributed by atoms with Gasteiger partial charge in [-0.15, -0.1) is 0 Å². The molecule has 0 saturated heterocycles. The van der Waals surface area contributed by atoms with Crippen molar-refractivity contribution in [1.29, 1.82) is 5.41 Å². The highest BCUT2D eigenvalue weighted by atomic mass is 16.3. The molecule has 0 aliphatic rings. The lowest BCUT2D eigenvalue weighted by molar-refractivity contribution is 0.617. The molecule has 0 fully saturated rings. The summed E-state index contributed by atoms with van der Waals surface area (Å²) in [5, 5.41) is 8.09. The van der Waals surface area contributed by atoms with E-state index in [4.69, 9.17) is 15.6 Å². The normalized spacial score (nSPS) is 10.6. The van der Waals surface area contributed by atoms with Crippen molar-refractivity contribution in [1.82, 2.24) is 0 Å². The van der Waals surface area contributed by atoms with Crippen LogP contribution in [0.1, 0.15) is 5.56 Å². The van der Waals surface area contributed by atoms with Crippen LogP contribution in [0, 0.1) is 5.41 Å². The monoisotopic (exact) mass is 264 g/mol. The largest absolute Gasteiger partial charge is 0.455 e. The minimum atomic E-state index is -0.289. The van der Waals surface area contributed by atoms with Gasteiger partial charge in [-0.2, -0.15) is 0 Å². The standard InChI is InChI=1S/C16H12N2O2/c17-16(18)13-14(19)11-8-4-5-9-12(11)20-15(13)10-6-2-1-3-7-10/h1-9H,(H3,17,18). The molecule has 2 aromatic carbocycles. The molecular formula is C16H12N2O2. The van der Waals surface area contributed by atoms with E-state index in [0.29, 0.717) is 16.7 Å². The topological polar surface area (TPSA) is 80.1 Å². The molecule has 1 aromatic heterocycles. The molecule has 3 N–H and O–H groups in total. The van der Waals surface area contributed by atoms with Crippen LogP contribution in [0.4, 0.5) is 0 Å². The zero-order valence-electron chi connectivity index (χ0n) is 10.6. The van der Waals surface area contributed by atoms with E-state index in [1.165, 1.54) is 0 Å². The Morgan fingerprint density at radius 2 is 1.65 bits per heavy atom. The molecule has 0 bridgehead atoms. The number of nitrogen functional groups attached to an aromatic ring is 1. The van der Waals surface area contributed by atoms with Gasteiger partial charge >= 0.3 is 0 Å². The SMILES string of the molecule is N=C(N)c1c(-c2ccccc2)oc2ccccc2c1=O. The number of benzene rings is 2. The molecule has 0 amide bonds. The highest BCUT2D eigenvalue weighted by Crippen LogP contribution is 2.25. The predicted molar refractivity (Wildman–Crippen MR) is 78.9 cm³/mol. The lowest BCUT2D eigenvalue weighted by atomic mass is 10.0. The molecule has 3 aromatic rings. The van der Waals surface area contributed by atoms with Gasteiger partial charge in [-0.05, 0) is 12.1 Å². The van der Waals surface area contributed by atoms with Crippen LogP contribution in [0.15, 0.2) is 63.8 Å². The van der Waals surface area contributed by atoms with Crippen LogP contribution in [0.3, 0.4) is 0 Å². The summed E-state index contributed by atoms with van der Waals surface area (Å²) in [6.45, 7) is 0. The van der Waals surface area contributed by atoms with Crippen molar-refractivity contribution in [2.24, 2.45) is 5.73 Å². The Hall–Kier alpha value is -2.88. The third-order valence-corrected chi connectivity index (χ3v) is 3.10. The van der Waals surface area contributed by atoms with E-state index < -0.39 is 0 Å². The van der Waals surface area contributed by atoms with E-state index in [0.717, 1.165) is 5.56 Å². The van der Waals surface area contributed by atoms with Crippen LogP contribution in [0.25, 0.3) is 22.3 Å². The van der Waals surface area contributed by atoms with E-state index in [1.807, 2.05) is 30.3 Å². The summed E-state index contributed by atoms with van der Waals surface area (Å²) in [5.74, 6) is 0.0464. The van der Waals surface area contributed by atoms with E-state index in [2.05, 4.69) is 0 Å². The summed E-state index contributed by atoms with van der Waals surface area (Å²) in [7, 11) is 0. The Kier molecular flexibility index (Phi) is 2.84. The van der Waals surface area contributed by atoms with Crippen LogP contribution in [0.2, 0.25) is 0 Å². The van der Waals surface area contributed by atoms with E-state index in [1.54, 1.807) is 24.3 Å². The van der Waals surface area contributed by atoms with Crippen LogP contribution in [-0.2, 0) is 0 Å². The summed E-state index contributed by atoms with van der Waals surface area (Å²) in [4.78, 5) is 12.5. The van der Waals surface area contributed by atoms with Crippen molar-refractivity contribution in [3.63, 3.8) is 0 Å². The minimum Gasteiger partial charge on any atom is -0.455 e. The van der Waals surface area contributed by atoms with Gasteiger partial charge in [0.25, 0.3) is 0 Å². The predicted octanol–water partition coefficient (Wildman–Crippen LogP) is 2.74. The second-order valence-corrected chi connectivity index (χ2v) is 4.41. The van der Waals surface area contributed by atoms with Crippen molar-refractivity contribution in [2.45, 2.75) is 0 Å². The molecule has 3 rings (SSSR count). The molecule has 98 valence electrons. The fraction of sp³-hybridized carbons (Fsp3) is 0. The van der Waals surface area contributed by atoms with Gasteiger partial charge in [0.05, 0.1) is 5.39 Å². The molecule has 0 unspecified atom stereocenters. The third-order valence-electron chi connectivity index (χ3n) is 3.10. The van der Waals surface area contributed by atoms with E-state index >= 15 is 0 Å². The van der Waals surface area contributed by atoms with Gasteiger partial charge < -0.3 is 10.2 Å². The van der Waals surface area contributed by atoms with Crippen LogP contribution >= 0.6 is 0 Å². The van der Waals surface area contributed by atoms with Crippen LogP contribution < -0.4 is 11.2 Å². The quantitative estimate of drug-likeness (QED) is 0.551. The zero-order valence-corrected chi connectivity index (χ0v) is 10.6. The fourth-order valence-electron chi connectivity index (χ4n) is 2.18. The first-order valence-electron chi connectivity index (χ1n) is 6.14. The van der Waals surface area contributed by atoms with Gasteiger partial charge in [0.2, 0.25) is 5.43 Å². The smallest absolute Gasteiger partial charge is 0.204 e. The molecule has 1 heterocycles. The Bertz CT molecular complexity index is 851. The third kappa shape index (κ3) is 1.87. The highest BCUT2D eigenvalue weighted by molar-refractivity contribution is 6.02. The van der Waals surface area contributed by atoms with Gasteiger partial charge in [-0.1, -0.05) is 42.5 Å². The van der Waals surface area contributed by atoms with Crippen LogP contribution in [0.5, 0.6) is 0 Å². The Labute approximate surface area is 115 Å². The van der Waals surface area contributed by atoms with Crippen molar-refractivity contribution >= 4 is 16.8 Å². The molecule has 0 saturated carbocycles. The van der Waals surface area contributed by atoms with Crippen molar-refractivity contribution in [3.8, 4) is 11.3 Å². The molecule has 0 atom stereocenters. The number of nitrogens with one attached hydrogen (secondary N) is 1. The summed E-state index contributed by atoms with van der Waals surface area (Å²) < 4.78 is 5.80. The fourth-order valence-corrected chi connectivity index (χ4v) is 2.18. The summed E-state index contributed by atoms with van der Waals surface area (Å²) in [5.41, 5.74) is 6.60. The van der Waals surface area contributed by atoms with Gasteiger partial charge in [0.1, 0.15) is 22.7 Å². The number of rotatable bonds is 2. The molecule has 0 spiro atoms. The number of fused-ring (bicyclic) bond motifs is 1. The number of amidine groups is 1. The van der Waals surface area contributed by atoms with Gasteiger partial charge in [0.15, 0.2) is 0 Å². The van der Waals surface area contributed by atoms with Gasteiger partial charge in [-0.25, -0.2) is 0 Å². The molecule has 20 heavy (non-hydrogen) atoms. The summed E-state index contributed by atoms with van der Waals surface area (Å²) in [6.07, 6.45) is 0. The maximum absolute atomic E-state index is 12.5.